The van der Waals surface area contributed by atoms with Crippen molar-refractivity contribution >= 4 is 28.3 Å². The molecule has 2 N–H and O–H groups in total. The van der Waals surface area contributed by atoms with Crippen LogP contribution >= 0.6 is 0 Å². The largest absolute Gasteiger partial charge is 0.371 e. The van der Waals surface area contributed by atoms with Crippen LogP contribution in [-0.4, -0.2) is 66.7 Å². The lowest BCUT2D eigenvalue weighted by Gasteiger charge is -2.40. The lowest BCUT2D eigenvalue weighted by Crippen LogP contribution is -2.44. The van der Waals surface area contributed by atoms with E-state index < -0.39 is 16.3 Å². The molecule has 2 saturated heterocycles. The van der Waals surface area contributed by atoms with E-state index in [1.807, 2.05) is 0 Å². The van der Waals surface area contributed by atoms with Crippen molar-refractivity contribution < 1.29 is 4.21 Å². The van der Waals surface area contributed by atoms with E-state index in [1.165, 1.54) is 29.7 Å². The number of anilines is 3. The molecule has 2 unspecified atom stereocenters. The second kappa shape index (κ2) is 7.71. The number of aromatic amines is 1. The van der Waals surface area contributed by atoms with Gasteiger partial charge in [0.15, 0.2) is 5.82 Å². The summed E-state index contributed by atoms with van der Waals surface area (Å²) >= 11 is 0. The van der Waals surface area contributed by atoms with Gasteiger partial charge in [0, 0.05) is 55.9 Å². The van der Waals surface area contributed by atoms with Gasteiger partial charge in [0.05, 0.1) is 16.5 Å². The Balaban J connectivity index is 1.05. The van der Waals surface area contributed by atoms with Crippen molar-refractivity contribution in [3.8, 4) is 0 Å². The Morgan fingerprint density at radius 2 is 1.81 bits per heavy atom. The van der Waals surface area contributed by atoms with Gasteiger partial charge in [-0.25, -0.2) is 4.98 Å². The summed E-state index contributed by atoms with van der Waals surface area (Å²) in [6.45, 7) is 4.09. The number of tetrazole rings is 1. The number of rotatable bonds is 5. The van der Waals surface area contributed by atoms with Crippen LogP contribution in [-0.2, 0) is 35.6 Å². The Hall–Kier alpha value is -3.08. The number of H-pyrrole nitrogens is 1. The van der Waals surface area contributed by atoms with E-state index in [4.69, 9.17) is 9.97 Å². The van der Waals surface area contributed by atoms with Crippen LogP contribution in [0.2, 0.25) is 0 Å². The Morgan fingerprint density at radius 3 is 2.47 bits per heavy atom. The van der Waals surface area contributed by atoms with Crippen LogP contribution in [0.5, 0.6) is 0 Å². The maximum atomic E-state index is 12.9. The zero-order chi connectivity index (χ0) is 23.9. The second-order valence-corrected chi connectivity index (χ2v) is 12.5. The molecule has 5 aliphatic rings. The van der Waals surface area contributed by atoms with Crippen molar-refractivity contribution in [2.75, 3.05) is 47.0 Å². The molecule has 0 spiro atoms. The molecule has 8 rings (SSSR count). The van der Waals surface area contributed by atoms with Crippen molar-refractivity contribution in [2.45, 2.75) is 49.0 Å². The number of hydrogen-bond donors (Lipinski definition) is 2. The highest BCUT2D eigenvalue weighted by Gasteiger charge is 2.45. The Morgan fingerprint density at radius 1 is 1.00 bits per heavy atom. The molecule has 11 heteroatoms. The normalized spacial score (nSPS) is 27.3. The fraction of sp³-hybridized carbons (Fsp3) is 0.560. The SMILES string of the molecule is O=[S@@]1CCc2nc(N3CC4CN(c5ccc6c(c5)CC6)CC4C3)nc(NC3(c4nn[nH]n4)CCC3)c21. The molecule has 0 bridgehead atoms. The highest BCUT2D eigenvalue weighted by atomic mass is 32.2. The fourth-order valence-electron chi connectivity index (χ4n) is 6.68. The average Bonchev–Trinajstić information content (AvgIpc) is 3.61. The maximum absolute atomic E-state index is 12.9. The molecule has 1 saturated carbocycles. The summed E-state index contributed by atoms with van der Waals surface area (Å²) < 4.78 is 12.9. The molecular weight excluding hydrogens is 474 g/mol. The monoisotopic (exact) mass is 503 g/mol. The minimum absolute atomic E-state index is 0.405. The first-order valence-corrected chi connectivity index (χ1v) is 14.4. The van der Waals surface area contributed by atoms with Gasteiger partial charge in [-0.15, -0.1) is 10.2 Å². The molecule has 3 aromatic rings. The summed E-state index contributed by atoms with van der Waals surface area (Å²) in [5.41, 5.74) is 4.94. The van der Waals surface area contributed by atoms with Crippen LogP contribution in [0.25, 0.3) is 0 Å². The van der Waals surface area contributed by atoms with E-state index in [0.29, 0.717) is 29.2 Å². The topological polar surface area (TPSA) is 116 Å². The molecule has 10 nitrogen and oxygen atoms in total. The average molecular weight is 504 g/mol. The van der Waals surface area contributed by atoms with Gasteiger partial charge < -0.3 is 15.1 Å². The number of nitrogens with zero attached hydrogens (tertiary/aromatic N) is 7. The molecule has 2 aromatic heterocycles. The molecule has 0 radical (unpaired) electrons. The quantitative estimate of drug-likeness (QED) is 0.538. The minimum atomic E-state index is -1.08. The lowest BCUT2D eigenvalue weighted by atomic mass is 9.76. The van der Waals surface area contributed by atoms with Crippen LogP contribution < -0.4 is 15.1 Å². The van der Waals surface area contributed by atoms with E-state index in [1.54, 1.807) is 0 Å². The molecular formula is C25H29N9OS. The highest BCUT2D eigenvalue weighted by Crippen LogP contribution is 2.44. The molecule has 36 heavy (non-hydrogen) atoms. The van der Waals surface area contributed by atoms with Crippen molar-refractivity contribution in [1.82, 2.24) is 30.6 Å². The van der Waals surface area contributed by atoms with Crippen LogP contribution in [0.15, 0.2) is 23.1 Å². The molecule has 2 aliphatic carbocycles. The predicted molar refractivity (Wildman–Crippen MR) is 136 cm³/mol. The number of benzene rings is 1. The molecule has 0 amide bonds. The van der Waals surface area contributed by atoms with Crippen LogP contribution in [0.3, 0.4) is 0 Å². The zero-order valence-corrected chi connectivity index (χ0v) is 20.9. The number of nitrogens with one attached hydrogen (secondary N) is 2. The van der Waals surface area contributed by atoms with Gasteiger partial charge in [-0.05, 0) is 55.4 Å². The third-order valence-corrected chi connectivity index (χ3v) is 10.5. The van der Waals surface area contributed by atoms with Gasteiger partial charge in [0.25, 0.3) is 0 Å². The summed E-state index contributed by atoms with van der Waals surface area (Å²) in [5, 5.41) is 18.5. The molecule has 3 atom stereocenters. The van der Waals surface area contributed by atoms with Crippen LogP contribution in [0, 0.1) is 11.8 Å². The standard InChI is InChI=1S/C25H29N9OS/c35-36-9-6-20-21(36)22(28-25(7-1-8-25)23-29-31-32-30-23)27-24(26-20)34-13-17-11-33(12-18(17)14-34)19-5-4-15-2-3-16(15)10-19/h4-5,10,17-18H,1-3,6-9,11-14H2,(H,26,27,28)(H,29,30,31,32)/t17?,18?,36-/m1/s1. The van der Waals surface area contributed by atoms with Crippen molar-refractivity contribution in [2.24, 2.45) is 11.8 Å². The van der Waals surface area contributed by atoms with E-state index in [-0.39, 0.29) is 0 Å². The maximum Gasteiger partial charge on any atom is 0.227 e. The Labute approximate surface area is 211 Å². The van der Waals surface area contributed by atoms with Crippen LogP contribution in [0.4, 0.5) is 17.5 Å². The third-order valence-electron chi connectivity index (χ3n) is 9.00. The third kappa shape index (κ3) is 3.14. The summed E-state index contributed by atoms with van der Waals surface area (Å²) in [6, 6.07) is 7.02. The molecule has 3 aliphatic heterocycles. The van der Waals surface area contributed by atoms with Gasteiger partial charge in [-0.3, -0.25) is 4.21 Å². The van der Waals surface area contributed by atoms with Crippen molar-refractivity contribution in [3.05, 3.63) is 40.8 Å². The van der Waals surface area contributed by atoms with E-state index in [9.17, 15) is 4.21 Å². The molecule has 1 aromatic carbocycles. The number of aryl methyl sites for hydroxylation is 3. The van der Waals surface area contributed by atoms with Gasteiger partial charge in [-0.2, -0.15) is 10.2 Å². The first-order chi connectivity index (χ1) is 17.6. The minimum Gasteiger partial charge on any atom is -0.371 e. The highest BCUT2D eigenvalue weighted by molar-refractivity contribution is 7.85. The van der Waals surface area contributed by atoms with Crippen molar-refractivity contribution in [1.29, 1.82) is 0 Å². The second-order valence-electron chi connectivity index (χ2n) is 11.0. The van der Waals surface area contributed by atoms with Crippen molar-refractivity contribution in [3.63, 3.8) is 0 Å². The summed E-state index contributed by atoms with van der Waals surface area (Å²) in [7, 11) is -1.08. The lowest BCUT2D eigenvalue weighted by molar-refractivity contribution is 0.267. The number of hydrogen-bond acceptors (Lipinski definition) is 9. The molecule has 186 valence electrons. The number of aromatic nitrogens is 6. The zero-order valence-electron chi connectivity index (χ0n) is 20.1. The summed E-state index contributed by atoms with van der Waals surface area (Å²) in [6.07, 6.45) is 6.08. The van der Waals surface area contributed by atoms with E-state index in [2.05, 4.69) is 53.9 Å². The van der Waals surface area contributed by atoms with Gasteiger partial charge >= 0.3 is 0 Å². The predicted octanol–water partition coefficient (Wildman–Crippen LogP) is 1.82. The van der Waals surface area contributed by atoms with Gasteiger partial charge in [0.2, 0.25) is 5.95 Å². The number of fused-ring (bicyclic) bond motifs is 3. The van der Waals surface area contributed by atoms with E-state index in [0.717, 1.165) is 68.4 Å². The van der Waals surface area contributed by atoms with Gasteiger partial charge in [0.1, 0.15) is 16.3 Å². The smallest absolute Gasteiger partial charge is 0.227 e. The van der Waals surface area contributed by atoms with E-state index >= 15 is 0 Å². The van der Waals surface area contributed by atoms with Crippen LogP contribution in [0.1, 0.15) is 41.9 Å². The Bertz CT molecular complexity index is 1360. The summed E-state index contributed by atoms with van der Waals surface area (Å²) in [5.74, 6) is 3.93. The first kappa shape index (κ1) is 21.0. The first-order valence-electron chi connectivity index (χ1n) is 13.1. The Kier molecular flexibility index (Phi) is 4.51. The summed E-state index contributed by atoms with van der Waals surface area (Å²) in [4.78, 5) is 15.6. The van der Waals surface area contributed by atoms with Gasteiger partial charge in [-0.1, -0.05) is 11.3 Å². The molecule has 5 heterocycles. The molecule has 3 fully saturated rings. The fourth-order valence-corrected chi connectivity index (χ4v) is 7.99.